The summed E-state index contributed by atoms with van der Waals surface area (Å²) in [6.07, 6.45) is 3.69. The summed E-state index contributed by atoms with van der Waals surface area (Å²) in [5.74, 6) is 0.630. The van der Waals surface area contributed by atoms with Crippen molar-refractivity contribution in [3.63, 3.8) is 0 Å². The first kappa shape index (κ1) is 14.6. The maximum Gasteiger partial charge on any atom is 0.218 e. The number of hydrogen-bond acceptors (Lipinski definition) is 2. The summed E-state index contributed by atoms with van der Waals surface area (Å²) in [7, 11) is 0. The van der Waals surface area contributed by atoms with Crippen molar-refractivity contribution < 1.29 is 9.53 Å². The molecule has 0 aliphatic heterocycles. The zero-order valence-corrected chi connectivity index (χ0v) is 12.6. The van der Waals surface area contributed by atoms with Crippen molar-refractivity contribution in [2.75, 3.05) is 0 Å². The molecule has 3 heteroatoms. The molecule has 22 heavy (non-hydrogen) atoms. The van der Waals surface area contributed by atoms with E-state index in [2.05, 4.69) is 12.1 Å². The molecule has 3 nitrogen and oxygen atoms in total. The summed E-state index contributed by atoms with van der Waals surface area (Å²) in [5.41, 5.74) is 7.71. The molecule has 0 unspecified atom stereocenters. The van der Waals surface area contributed by atoms with Gasteiger partial charge in [0, 0.05) is 11.8 Å². The number of amides is 1. The van der Waals surface area contributed by atoms with Crippen LogP contribution in [0.4, 0.5) is 0 Å². The predicted molar refractivity (Wildman–Crippen MR) is 86.6 cm³/mol. The lowest BCUT2D eigenvalue weighted by molar-refractivity contribution is -0.120. The number of nitrogens with two attached hydrogens (primary N) is 1. The first-order valence-electron chi connectivity index (χ1n) is 7.74. The van der Waals surface area contributed by atoms with Crippen molar-refractivity contribution in [3.05, 3.63) is 65.7 Å². The summed E-state index contributed by atoms with van der Waals surface area (Å²) in [6, 6.07) is 18.2. The summed E-state index contributed by atoms with van der Waals surface area (Å²) in [6.45, 7) is 0.562. The van der Waals surface area contributed by atoms with Crippen LogP contribution in [0.1, 0.15) is 36.8 Å². The largest absolute Gasteiger partial charge is 0.489 e. The lowest BCUT2D eigenvalue weighted by atomic mass is 9.62. The Morgan fingerprint density at radius 3 is 2.27 bits per heavy atom. The number of carbonyl (C=O) groups is 1. The minimum Gasteiger partial charge on any atom is -0.489 e. The normalized spacial score (nSPS) is 15.8. The maximum atomic E-state index is 11.3. The predicted octanol–water partition coefficient (Wildman–Crippen LogP) is 3.56. The molecule has 114 valence electrons. The molecule has 0 saturated heterocycles. The lowest BCUT2D eigenvalue weighted by Gasteiger charge is -2.41. The molecule has 0 radical (unpaired) electrons. The van der Waals surface area contributed by atoms with E-state index < -0.39 is 0 Å². The highest BCUT2D eigenvalue weighted by Gasteiger charge is 2.39. The van der Waals surface area contributed by atoms with Gasteiger partial charge in [0.05, 0.1) is 0 Å². The van der Waals surface area contributed by atoms with E-state index >= 15 is 0 Å². The summed E-state index contributed by atoms with van der Waals surface area (Å²) in [4.78, 5) is 11.3. The zero-order chi connectivity index (χ0) is 15.4. The van der Waals surface area contributed by atoms with Crippen molar-refractivity contribution in [1.29, 1.82) is 0 Å². The number of carbonyl (C=O) groups excluding carboxylic acids is 1. The van der Waals surface area contributed by atoms with Gasteiger partial charge in [-0.25, -0.2) is 0 Å². The van der Waals surface area contributed by atoms with Gasteiger partial charge in [0.15, 0.2) is 0 Å². The van der Waals surface area contributed by atoms with Gasteiger partial charge in [0.2, 0.25) is 5.91 Å². The molecular formula is C19H21NO2. The average molecular weight is 295 g/mol. The van der Waals surface area contributed by atoms with E-state index in [9.17, 15) is 4.79 Å². The van der Waals surface area contributed by atoms with Gasteiger partial charge in [-0.2, -0.15) is 0 Å². The first-order chi connectivity index (χ1) is 10.7. The van der Waals surface area contributed by atoms with E-state index in [1.54, 1.807) is 0 Å². The van der Waals surface area contributed by atoms with Crippen LogP contribution in [0.2, 0.25) is 0 Å². The third kappa shape index (κ3) is 3.14. The fourth-order valence-corrected chi connectivity index (χ4v) is 3.15. The third-order valence-corrected chi connectivity index (χ3v) is 4.54. The number of hydrogen-bond donors (Lipinski definition) is 1. The van der Waals surface area contributed by atoms with Gasteiger partial charge in [0.1, 0.15) is 12.4 Å². The number of benzene rings is 2. The van der Waals surface area contributed by atoms with E-state index in [0.29, 0.717) is 13.0 Å². The molecule has 0 heterocycles. The Bertz CT molecular complexity index is 630. The Balaban J connectivity index is 1.66. The van der Waals surface area contributed by atoms with Gasteiger partial charge in [-0.1, -0.05) is 48.9 Å². The van der Waals surface area contributed by atoms with Crippen LogP contribution in [-0.4, -0.2) is 5.91 Å². The fraction of sp³-hybridized carbons (Fsp3) is 0.316. The summed E-state index contributed by atoms with van der Waals surface area (Å²) in [5, 5.41) is 0. The Labute approximate surface area is 131 Å². The van der Waals surface area contributed by atoms with Crippen LogP contribution in [0.25, 0.3) is 0 Å². The van der Waals surface area contributed by atoms with Gasteiger partial charge in [0.25, 0.3) is 0 Å². The number of primary amides is 1. The van der Waals surface area contributed by atoms with E-state index in [1.807, 2.05) is 42.5 Å². The van der Waals surface area contributed by atoms with Crippen LogP contribution in [0.15, 0.2) is 54.6 Å². The van der Waals surface area contributed by atoms with Gasteiger partial charge >= 0.3 is 0 Å². The summed E-state index contributed by atoms with van der Waals surface area (Å²) < 4.78 is 5.80. The maximum absolute atomic E-state index is 11.3. The highest BCUT2D eigenvalue weighted by molar-refractivity contribution is 5.76. The molecule has 0 aromatic heterocycles. The smallest absolute Gasteiger partial charge is 0.218 e. The van der Waals surface area contributed by atoms with Gasteiger partial charge in [-0.05, 0) is 36.1 Å². The Kier molecular flexibility index (Phi) is 4.14. The van der Waals surface area contributed by atoms with Crippen LogP contribution < -0.4 is 10.5 Å². The third-order valence-electron chi connectivity index (χ3n) is 4.54. The van der Waals surface area contributed by atoms with Crippen molar-refractivity contribution >= 4 is 5.91 Å². The van der Waals surface area contributed by atoms with Crippen LogP contribution in [0.5, 0.6) is 5.75 Å². The topological polar surface area (TPSA) is 52.3 Å². The first-order valence-corrected chi connectivity index (χ1v) is 7.74. The van der Waals surface area contributed by atoms with Crippen molar-refractivity contribution in [2.24, 2.45) is 5.73 Å². The highest BCUT2D eigenvalue weighted by atomic mass is 16.5. The monoisotopic (exact) mass is 295 g/mol. The summed E-state index contributed by atoms with van der Waals surface area (Å²) >= 11 is 0. The minimum absolute atomic E-state index is 0.0379. The minimum atomic E-state index is -0.218. The molecule has 0 atom stereocenters. The lowest BCUT2D eigenvalue weighted by Crippen LogP contribution is -2.38. The molecular weight excluding hydrogens is 274 g/mol. The molecule has 1 saturated carbocycles. The molecule has 3 rings (SSSR count). The van der Waals surface area contributed by atoms with Gasteiger partial charge in [-0.3, -0.25) is 4.79 Å². The van der Waals surface area contributed by atoms with Gasteiger partial charge < -0.3 is 10.5 Å². The standard InChI is InChI=1S/C19H21NO2/c20-18(21)13-19(11-4-12-19)16-7-9-17(10-8-16)22-14-15-5-2-1-3-6-15/h1-3,5-10H,4,11-14H2,(H2,20,21). The molecule has 1 aliphatic rings. The van der Waals surface area contributed by atoms with Crippen LogP contribution in [-0.2, 0) is 16.8 Å². The van der Waals surface area contributed by atoms with E-state index in [4.69, 9.17) is 10.5 Å². The van der Waals surface area contributed by atoms with Crippen molar-refractivity contribution in [3.8, 4) is 5.75 Å². The second-order valence-electron chi connectivity index (χ2n) is 6.08. The zero-order valence-electron chi connectivity index (χ0n) is 12.6. The van der Waals surface area contributed by atoms with E-state index in [1.165, 1.54) is 12.0 Å². The van der Waals surface area contributed by atoms with Crippen LogP contribution in [0, 0.1) is 0 Å². The SMILES string of the molecule is NC(=O)CC1(c2ccc(OCc3ccccc3)cc2)CCC1. The Morgan fingerprint density at radius 2 is 1.73 bits per heavy atom. The van der Waals surface area contributed by atoms with E-state index in [0.717, 1.165) is 24.2 Å². The quantitative estimate of drug-likeness (QED) is 0.886. The Hall–Kier alpha value is -2.29. The molecule has 2 N–H and O–H groups in total. The van der Waals surface area contributed by atoms with Crippen LogP contribution >= 0.6 is 0 Å². The molecule has 2 aromatic rings. The molecule has 0 bridgehead atoms. The number of ether oxygens (including phenoxy) is 1. The van der Waals surface area contributed by atoms with E-state index in [-0.39, 0.29) is 11.3 Å². The van der Waals surface area contributed by atoms with Crippen LogP contribution in [0.3, 0.4) is 0 Å². The molecule has 0 spiro atoms. The second kappa shape index (κ2) is 6.22. The molecule has 2 aromatic carbocycles. The molecule has 1 fully saturated rings. The number of rotatable bonds is 6. The fourth-order valence-electron chi connectivity index (χ4n) is 3.15. The molecule has 1 amide bonds. The second-order valence-corrected chi connectivity index (χ2v) is 6.08. The van der Waals surface area contributed by atoms with Crippen molar-refractivity contribution in [2.45, 2.75) is 37.7 Å². The Morgan fingerprint density at radius 1 is 1.05 bits per heavy atom. The van der Waals surface area contributed by atoms with Gasteiger partial charge in [-0.15, -0.1) is 0 Å². The highest BCUT2D eigenvalue weighted by Crippen LogP contribution is 2.46. The average Bonchev–Trinajstić information content (AvgIpc) is 2.50. The van der Waals surface area contributed by atoms with Crippen molar-refractivity contribution in [1.82, 2.24) is 0 Å². The molecule has 1 aliphatic carbocycles.